The molecule has 0 radical (unpaired) electrons. The third-order valence-corrected chi connectivity index (χ3v) is 7.76. The van der Waals surface area contributed by atoms with E-state index in [2.05, 4.69) is 58.1 Å². The number of hydrogen-bond acceptors (Lipinski definition) is 6. The number of nitrogen functional groups attached to an aromatic ring is 1. The number of pyridine rings is 1. The van der Waals surface area contributed by atoms with Gasteiger partial charge in [-0.2, -0.15) is 13.9 Å². The third-order valence-electron chi connectivity index (χ3n) is 7.76. The number of fused-ring (bicyclic) bond motifs is 1. The first-order valence-electron chi connectivity index (χ1n) is 12.0. The molecular weight excluding hydrogens is 426 g/mol. The van der Waals surface area contributed by atoms with Gasteiger partial charge >= 0.3 is 6.61 Å². The molecule has 0 bridgehead atoms. The van der Waals surface area contributed by atoms with E-state index in [0.29, 0.717) is 35.4 Å². The van der Waals surface area contributed by atoms with Gasteiger partial charge in [0.25, 0.3) is 0 Å². The van der Waals surface area contributed by atoms with Crippen molar-refractivity contribution in [1.82, 2.24) is 24.6 Å². The van der Waals surface area contributed by atoms with E-state index in [0.717, 1.165) is 25.3 Å². The molecule has 0 aromatic carbocycles. The largest absolute Gasteiger partial charge is 0.431 e. The van der Waals surface area contributed by atoms with Crippen LogP contribution >= 0.6 is 0 Å². The van der Waals surface area contributed by atoms with Crippen LogP contribution in [0.1, 0.15) is 51.3 Å². The molecule has 2 saturated carbocycles. The molecule has 0 unspecified atom stereocenters. The second-order valence-electron chi connectivity index (χ2n) is 10.3. The third kappa shape index (κ3) is 4.21. The van der Waals surface area contributed by atoms with Crippen molar-refractivity contribution < 1.29 is 13.5 Å². The topological polar surface area (TPSA) is 72.4 Å². The molecule has 2 aromatic heterocycles. The number of rotatable bonds is 6. The quantitative estimate of drug-likeness (QED) is 0.706. The van der Waals surface area contributed by atoms with Gasteiger partial charge in [-0.05, 0) is 64.6 Å². The zero-order valence-electron chi connectivity index (χ0n) is 19.8. The molecule has 3 aliphatic rings. The molecule has 2 aromatic rings. The smallest absolute Gasteiger partial charge is 0.387 e. The number of aromatic nitrogens is 3. The average Bonchev–Trinajstić information content (AvgIpc) is 3.09. The Bertz CT molecular complexity index is 999. The first-order chi connectivity index (χ1) is 15.7. The standard InChI is InChI=1S/C24H34F2N6O/c1-13(2)32-20(10-19(29-32)15-7-21(33-24(25)26)23(27)28-11-15)22-17-8-16(9-18(17)22)31-6-5-30(4)12-14(31)3/h7,10-11,13-14,16-18,22,24H,5-6,8-9,12H2,1-4H3,(H2,27,28)/t14-,16-,17+,18-,22-/m0/s1. The number of halogens is 2. The van der Waals surface area contributed by atoms with Gasteiger partial charge in [0.2, 0.25) is 0 Å². The van der Waals surface area contributed by atoms with Gasteiger partial charge in [0.15, 0.2) is 11.6 Å². The Morgan fingerprint density at radius 1 is 1.15 bits per heavy atom. The van der Waals surface area contributed by atoms with Crippen molar-refractivity contribution in [1.29, 1.82) is 0 Å². The van der Waals surface area contributed by atoms with Crippen LogP contribution in [-0.4, -0.2) is 69.9 Å². The minimum Gasteiger partial charge on any atom is -0.431 e. The fraction of sp³-hybridized carbons (Fsp3) is 0.667. The van der Waals surface area contributed by atoms with Crippen molar-refractivity contribution in [2.75, 3.05) is 32.4 Å². The molecule has 5 rings (SSSR count). The monoisotopic (exact) mass is 460 g/mol. The highest BCUT2D eigenvalue weighted by molar-refractivity contribution is 5.64. The average molecular weight is 461 g/mol. The lowest BCUT2D eigenvalue weighted by Gasteiger charge is -2.42. The van der Waals surface area contributed by atoms with E-state index in [9.17, 15) is 8.78 Å². The van der Waals surface area contributed by atoms with Crippen LogP contribution in [0.2, 0.25) is 0 Å². The summed E-state index contributed by atoms with van der Waals surface area (Å²) in [7, 11) is 2.21. The number of hydrogen-bond donors (Lipinski definition) is 1. The molecule has 1 aliphatic heterocycles. The molecular formula is C24H34F2N6O. The minimum atomic E-state index is -2.95. The lowest BCUT2D eigenvalue weighted by atomic mass is 10.00. The summed E-state index contributed by atoms with van der Waals surface area (Å²) in [4.78, 5) is 9.19. The van der Waals surface area contributed by atoms with Gasteiger partial charge in [0.1, 0.15) is 0 Å². The molecule has 33 heavy (non-hydrogen) atoms. The predicted octanol–water partition coefficient (Wildman–Crippen LogP) is 3.84. The molecule has 3 heterocycles. The van der Waals surface area contributed by atoms with Crippen LogP contribution in [-0.2, 0) is 0 Å². The molecule has 5 atom stereocenters. The molecule has 1 saturated heterocycles. The lowest BCUT2D eigenvalue weighted by molar-refractivity contribution is -0.0494. The highest BCUT2D eigenvalue weighted by Crippen LogP contribution is 2.64. The van der Waals surface area contributed by atoms with Crippen molar-refractivity contribution >= 4 is 5.82 Å². The zero-order chi connectivity index (χ0) is 23.4. The SMILES string of the molecule is CC(C)n1nc(-c2cnc(N)c(OC(F)F)c2)cc1[C@H]1[C@@H]2C[C@H](N3CCN(C)C[C@@H]3C)C[C@@H]21. The van der Waals surface area contributed by atoms with Crippen LogP contribution in [0.25, 0.3) is 11.3 Å². The van der Waals surface area contributed by atoms with E-state index >= 15 is 0 Å². The number of anilines is 1. The lowest BCUT2D eigenvalue weighted by Crippen LogP contribution is -2.54. The van der Waals surface area contributed by atoms with E-state index in [1.54, 1.807) is 6.20 Å². The Kier molecular flexibility index (Phi) is 5.81. The maximum Gasteiger partial charge on any atom is 0.387 e. The first kappa shape index (κ1) is 22.5. The fourth-order valence-electron chi connectivity index (χ4n) is 6.22. The summed E-state index contributed by atoms with van der Waals surface area (Å²) in [6, 6.07) is 5.12. The normalized spacial score (nSPS) is 30.2. The van der Waals surface area contributed by atoms with Gasteiger partial charge in [-0.1, -0.05) is 0 Å². The number of ether oxygens (including phenoxy) is 1. The van der Waals surface area contributed by atoms with Crippen LogP contribution in [0.4, 0.5) is 14.6 Å². The molecule has 7 nitrogen and oxygen atoms in total. The predicted molar refractivity (Wildman–Crippen MR) is 123 cm³/mol. The minimum absolute atomic E-state index is 0.0523. The van der Waals surface area contributed by atoms with Gasteiger partial charge in [-0.15, -0.1) is 0 Å². The first-order valence-corrected chi connectivity index (χ1v) is 12.0. The van der Waals surface area contributed by atoms with Gasteiger partial charge in [0, 0.05) is 61.1 Å². The van der Waals surface area contributed by atoms with Crippen LogP contribution in [0.5, 0.6) is 5.75 Å². The Hall–Kier alpha value is -2.26. The maximum absolute atomic E-state index is 12.7. The van der Waals surface area contributed by atoms with Crippen LogP contribution in [0.15, 0.2) is 18.3 Å². The fourth-order valence-corrected chi connectivity index (χ4v) is 6.22. The molecule has 180 valence electrons. The second kappa shape index (κ2) is 8.51. The van der Waals surface area contributed by atoms with Crippen molar-refractivity contribution in [2.24, 2.45) is 11.8 Å². The van der Waals surface area contributed by atoms with Crippen LogP contribution < -0.4 is 10.5 Å². The van der Waals surface area contributed by atoms with Crippen LogP contribution in [0.3, 0.4) is 0 Å². The van der Waals surface area contributed by atoms with Crippen molar-refractivity contribution in [3.63, 3.8) is 0 Å². The Morgan fingerprint density at radius 2 is 1.88 bits per heavy atom. The van der Waals surface area contributed by atoms with Crippen LogP contribution in [0, 0.1) is 11.8 Å². The summed E-state index contributed by atoms with van der Waals surface area (Å²) in [5.41, 5.74) is 8.31. The summed E-state index contributed by atoms with van der Waals surface area (Å²) >= 11 is 0. The number of piperazine rings is 1. The van der Waals surface area contributed by atoms with Gasteiger partial charge in [-0.3, -0.25) is 9.58 Å². The number of likely N-dealkylation sites (N-methyl/N-ethyl adjacent to an activating group) is 1. The molecule has 9 heteroatoms. The summed E-state index contributed by atoms with van der Waals surface area (Å²) in [5, 5.41) is 4.82. The van der Waals surface area contributed by atoms with Gasteiger partial charge in [0.05, 0.1) is 5.69 Å². The highest BCUT2D eigenvalue weighted by Gasteiger charge is 2.59. The number of nitrogens with two attached hydrogens (primary N) is 1. The zero-order valence-corrected chi connectivity index (χ0v) is 19.8. The van der Waals surface area contributed by atoms with E-state index in [4.69, 9.17) is 10.8 Å². The summed E-state index contributed by atoms with van der Waals surface area (Å²) in [6.45, 7) is 7.11. The van der Waals surface area contributed by atoms with Crippen molar-refractivity contribution in [3.8, 4) is 17.0 Å². The second-order valence-corrected chi connectivity index (χ2v) is 10.3. The van der Waals surface area contributed by atoms with Crippen molar-refractivity contribution in [2.45, 2.75) is 64.3 Å². The summed E-state index contributed by atoms with van der Waals surface area (Å²) in [6.07, 6.45) is 4.07. The summed E-state index contributed by atoms with van der Waals surface area (Å²) < 4.78 is 32.1. The van der Waals surface area contributed by atoms with Crippen molar-refractivity contribution in [3.05, 3.63) is 24.0 Å². The molecule has 3 fully saturated rings. The molecule has 2 N–H and O–H groups in total. The highest BCUT2D eigenvalue weighted by atomic mass is 19.3. The van der Waals surface area contributed by atoms with E-state index in [-0.39, 0.29) is 17.6 Å². The Balaban J connectivity index is 1.34. The molecule has 2 aliphatic carbocycles. The molecule has 0 amide bonds. The Morgan fingerprint density at radius 3 is 2.52 bits per heavy atom. The number of alkyl halides is 2. The van der Waals surface area contributed by atoms with E-state index in [1.807, 2.05) is 0 Å². The van der Waals surface area contributed by atoms with Gasteiger partial charge in [-0.25, -0.2) is 4.98 Å². The number of nitrogens with zero attached hydrogens (tertiary/aromatic N) is 5. The van der Waals surface area contributed by atoms with Gasteiger partial charge < -0.3 is 15.4 Å². The van der Waals surface area contributed by atoms with E-state index < -0.39 is 6.61 Å². The molecule has 0 spiro atoms. The Labute approximate surface area is 193 Å². The summed E-state index contributed by atoms with van der Waals surface area (Å²) in [5.74, 6) is 1.75. The van der Waals surface area contributed by atoms with E-state index in [1.165, 1.54) is 24.6 Å². The maximum atomic E-state index is 12.7.